The Balaban J connectivity index is 1.34. The fourth-order valence-electron chi connectivity index (χ4n) is 7.74. The molecule has 6 aromatic carbocycles. The van der Waals surface area contributed by atoms with Gasteiger partial charge in [-0.15, -0.1) is 0 Å². The lowest BCUT2D eigenvalue weighted by Crippen LogP contribution is -2.40. The van der Waals surface area contributed by atoms with Crippen molar-refractivity contribution in [1.29, 1.82) is 0 Å². The van der Waals surface area contributed by atoms with Gasteiger partial charge in [0, 0.05) is 52.4 Å². The van der Waals surface area contributed by atoms with E-state index in [-0.39, 0.29) is 33.6 Å². The zero-order valence-electron chi connectivity index (χ0n) is 32.3. The van der Waals surface area contributed by atoms with Crippen LogP contribution >= 0.6 is 0 Å². The van der Waals surface area contributed by atoms with Crippen LogP contribution in [0, 0.1) is 0 Å². The molecule has 14 N–H and O–H groups in total. The minimum atomic E-state index is -1.85. The molecule has 1 unspecified atom stereocenters. The number of aromatic hydroxyl groups is 14. The Hall–Kier alpha value is -8.94. The molecule has 8 rings (SSSR count). The summed E-state index contributed by atoms with van der Waals surface area (Å²) < 4.78 is 24.6. The van der Waals surface area contributed by atoms with Crippen molar-refractivity contribution < 1.29 is 100 Å². The van der Waals surface area contributed by atoms with E-state index >= 15 is 0 Å². The standard InChI is InChI=1S/C44H34O20/c45-19-11-26(51)34-32(12-19)61-40(16-2-4-22(47)25(50)6-16)42(64-44(60)18-9-30(55)38(58)31(56)10-18)36(34)35-27(52)14-23(48)20-13-33(62-43(59)17-7-28(53)37(57)29(54)8-17)39(63-41(20)35)15-1-3-21(46)24(49)5-15/h1-12,14,33,36,39-40,42,45-58H,13H2/t33-,36-,39-,40-,42?/m1/s1. The largest absolute Gasteiger partial charge is 0.508 e. The summed E-state index contributed by atoms with van der Waals surface area (Å²) in [4.78, 5) is 27.6. The molecule has 6 aromatic rings. The van der Waals surface area contributed by atoms with E-state index in [0.717, 1.165) is 66.7 Å². The maximum absolute atomic E-state index is 14.1. The number of ether oxygens (including phenoxy) is 4. The van der Waals surface area contributed by atoms with Gasteiger partial charge >= 0.3 is 11.9 Å². The first kappa shape index (κ1) is 41.8. The number of hydrogen-bond acceptors (Lipinski definition) is 20. The van der Waals surface area contributed by atoms with E-state index in [4.69, 9.17) is 18.9 Å². The lowest BCUT2D eigenvalue weighted by Gasteiger charge is -2.42. The number of benzene rings is 6. The van der Waals surface area contributed by atoms with Crippen molar-refractivity contribution >= 4 is 11.9 Å². The molecule has 0 spiro atoms. The predicted molar refractivity (Wildman–Crippen MR) is 213 cm³/mol. The number of phenols is 14. The second-order valence-electron chi connectivity index (χ2n) is 14.8. The monoisotopic (exact) mass is 882 g/mol. The van der Waals surface area contributed by atoms with Gasteiger partial charge in [-0.05, 0) is 48.5 Å². The van der Waals surface area contributed by atoms with Gasteiger partial charge in [0.2, 0.25) is 0 Å². The molecule has 0 saturated carbocycles. The number of hydrogen-bond donors (Lipinski definition) is 14. The van der Waals surface area contributed by atoms with Gasteiger partial charge in [-0.2, -0.15) is 0 Å². The molecule has 0 amide bonds. The van der Waals surface area contributed by atoms with Crippen molar-refractivity contribution in [2.45, 2.75) is 36.8 Å². The maximum Gasteiger partial charge on any atom is 0.338 e. The Morgan fingerprint density at radius 1 is 0.469 bits per heavy atom. The third-order valence-electron chi connectivity index (χ3n) is 10.7. The van der Waals surface area contributed by atoms with E-state index in [1.807, 2.05) is 0 Å². The van der Waals surface area contributed by atoms with Crippen LogP contribution in [-0.4, -0.2) is 95.6 Å². The summed E-state index contributed by atoms with van der Waals surface area (Å²) in [5, 5.41) is 147. The molecule has 20 nitrogen and oxygen atoms in total. The highest BCUT2D eigenvalue weighted by Gasteiger charge is 2.49. The van der Waals surface area contributed by atoms with Crippen LogP contribution in [0.1, 0.15) is 66.7 Å². The van der Waals surface area contributed by atoms with Crippen LogP contribution in [0.2, 0.25) is 0 Å². The first-order chi connectivity index (χ1) is 30.3. The van der Waals surface area contributed by atoms with Crippen molar-refractivity contribution in [1.82, 2.24) is 0 Å². The number of fused-ring (bicyclic) bond motifs is 2. The molecule has 20 heteroatoms. The van der Waals surface area contributed by atoms with Crippen molar-refractivity contribution in [2.24, 2.45) is 0 Å². The molecule has 64 heavy (non-hydrogen) atoms. The average Bonchev–Trinajstić information content (AvgIpc) is 3.23. The van der Waals surface area contributed by atoms with Crippen LogP contribution in [0.5, 0.6) is 92.0 Å². The smallest absolute Gasteiger partial charge is 0.338 e. The molecule has 0 radical (unpaired) electrons. The van der Waals surface area contributed by atoms with Crippen LogP contribution in [0.4, 0.5) is 0 Å². The second-order valence-corrected chi connectivity index (χ2v) is 14.8. The summed E-state index contributed by atoms with van der Waals surface area (Å²) in [7, 11) is 0. The SMILES string of the molecule is O=C(OC1[C@@H](c2c(O)cc(O)c3c2O[C@H](c2ccc(O)c(O)c2)[C@H](OC(=O)c2cc(O)c(O)c(O)c2)C3)c2c(O)cc(O)cc2O[C@@H]1c1ccc(O)c(O)c1)c1cc(O)c(O)c(O)c1. The summed E-state index contributed by atoms with van der Waals surface area (Å²) in [6.07, 6.45) is -6.98. The van der Waals surface area contributed by atoms with E-state index < -0.39 is 146 Å². The van der Waals surface area contributed by atoms with E-state index in [0.29, 0.717) is 0 Å². The number of phenolic OH excluding ortho intramolecular Hbond substituents is 14. The highest BCUT2D eigenvalue weighted by Crippen LogP contribution is 2.58. The number of rotatable bonds is 7. The van der Waals surface area contributed by atoms with Crippen molar-refractivity contribution in [3.05, 3.63) is 118 Å². The first-order valence-corrected chi connectivity index (χ1v) is 18.7. The minimum Gasteiger partial charge on any atom is -0.508 e. The van der Waals surface area contributed by atoms with Gasteiger partial charge < -0.3 is 90.4 Å². The number of carbonyl (C=O) groups is 2. The van der Waals surface area contributed by atoms with Crippen molar-refractivity contribution in [2.75, 3.05) is 0 Å². The number of carbonyl (C=O) groups excluding carboxylic acids is 2. The molecule has 330 valence electrons. The molecule has 0 aromatic heterocycles. The van der Waals surface area contributed by atoms with Gasteiger partial charge in [-0.25, -0.2) is 9.59 Å². The lowest BCUT2D eigenvalue weighted by molar-refractivity contribution is -0.0303. The van der Waals surface area contributed by atoms with Gasteiger partial charge in [0.25, 0.3) is 0 Å². The van der Waals surface area contributed by atoms with Gasteiger partial charge in [-0.1, -0.05) is 12.1 Å². The molecular weight excluding hydrogens is 848 g/mol. The fourth-order valence-corrected chi connectivity index (χ4v) is 7.74. The predicted octanol–water partition coefficient (Wildman–Crippen LogP) is 4.96. The van der Waals surface area contributed by atoms with Gasteiger partial charge in [0.1, 0.15) is 40.6 Å². The first-order valence-electron chi connectivity index (χ1n) is 18.7. The third kappa shape index (κ3) is 7.23. The highest BCUT2D eigenvalue weighted by molar-refractivity contribution is 5.92. The quantitative estimate of drug-likeness (QED) is 0.0744. The zero-order valence-corrected chi connectivity index (χ0v) is 32.3. The Kier molecular flexibility index (Phi) is 10.1. The molecule has 2 aliphatic rings. The molecule has 0 bridgehead atoms. The molecule has 0 aliphatic carbocycles. The van der Waals surface area contributed by atoms with Gasteiger partial charge in [0.05, 0.1) is 17.0 Å². The highest BCUT2D eigenvalue weighted by atomic mass is 16.6. The van der Waals surface area contributed by atoms with Crippen molar-refractivity contribution in [3.8, 4) is 92.0 Å². The summed E-state index contributed by atoms with van der Waals surface area (Å²) in [5.74, 6) is -15.6. The summed E-state index contributed by atoms with van der Waals surface area (Å²) in [5.41, 5.74) is -1.85. The van der Waals surface area contributed by atoms with Crippen LogP contribution in [0.25, 0.3) is 0 Å². The van der Waals surface area contributed by atoms with E-state index in [2.05, 4.69) is 0 Å². The van der Waals surface area contributed by atoms with Crippen LogP contribution in [0.3, 0.4) is 0 Å². The summed E-state index contributed by atoms with van der Waals surface area (Å²) >= 11 is 0. The normalized spacial score (nSPS) is 18.7. The topological polar surface area (TPSA) is 354 Å². The van der Waals surface area contributed by atoms with Crippen LogP contribution in [0.15, 0.2) is 78.9 Å². The van der Waals surface area contributed by atoms with E-state index in [1.165, 1.54) is 12.1 Å². The Morgan fingerprint density at radius 3 is 1.50 bits per heavy atom. The van der Waals surface area contributed by atoms with E-state index in [1.54, 1.807) is 0 Å². The minimum absolute atomic E-state index is 0.0106. The summed E-state index contributed by atoms with van der Waals surface area (Å²) in [6.45, 7) is 0. The summed E-state index contributed by atoms with van der Waals surface area (Å²) in [6, 6.07) is 12.6. The molecule has 2 heterocycles. The Labute approximate surface area is 358 Å². The Morgan fingerprint density at radius 2 is 0.969 bits per heavy atom. The Bertz CT molecular complexity index is 2860. The lowest BCUT2D eigenvalue weighted by atomic mass is 9.77. The van der Waals surface area contributed by atoms with Gasteiger partial charge in [-0.3, -0.25) is 0 Å². The molecule has 0 fully saturated rings. The molecule has 0 saturated heterocycles. The van der Waals surface area contributed by atoms with Crippen molar-refractivity contribution in [3.63, 3.8) is 0 Å². The van der Waals surface area contributed by atoms with Crippen LogP contribution in [-0.2, 0) is 15.9 Å². The van der Waals surface area contributed by atoms with E-state index in [9.17, 15) is 81.1 Å². The molecule has 5 atom stereocenters. The molecule has 2 aliphatic heterocycles. The average molecular weight is 883 g/mol. The van der Waals surface area contributed by atoms with Gasteiger partial charge in [0.15, 0.2) is 75.8 Å². The maximum atomic E-state index is 14.1. The number of esters is 2. The van der Waals surface area contributed by atoms with Crippen LogP contribution < -0.4 is 9.47 Å². The zero-order chi connectivity index (χ0) is 46.0. The molecular formula is C44H34O20. The fraction of sp³-hybridized carbons (Fsp3) is 0.136. The second kappa shape index (κ2) is 15.5. The third-order valence-corrected chi connectivity index (χ3v) is 10.7.